The van der Waals surface area contributed by atoms with Crippen LogP contribution in [0.3, 0.4) is 0 Å². The molecule has 88 valence electrons. The van der Waals surface area contributed by atoms with Crippen molar-refractivity contribution in [1.82, 2.24) is 5.32 Å². The first-order chi connectivity index (χ1) is 7.50. The average molecular weight is 225 g/mol. The Labute approximate surface area is 93.0 Å². The number of benzene rings is 1. The second kappa shape index (κ2) is 3.84. The summed E-state index contributed by atoms with van der Waals surface area (Å²) in [5, 5.41) is 41.5. The Morgan fingerprint density at radius 3 is 2.31 bits per heavy atom. The minimum Gasteiger partial charge on any atom is -0.508 e. The maximum atomic E-state index is 10.1. The molecule has 1 saturated heterocycles. The normalized spacial score (nSPS) is 24.8. The van der Waals surface area contributed by atoms with Gasteiger partial charge in [-0.2, -0.15) is 0 Å². The van der Waals surface area contributed by atoms with Gasteiger partial charge in [0.1, 0.15) is 17.2 Å². The van der Waals surface area contributed by atoms with E-state index >= 15 is 0 Å². The standard InChI is InChI=1S/C11H15NO4/c13-7-3-9(14)8(10(15)4-7)5-11(16)1-2-12-6-11/h3-4,12-16H,1-2,5-6H2. The van der Waals surface area contributed by atoms with Crippen LogP contribution in [0.15, 0.2) is 12.1 Å². The van der Waals surface area contributed by atoms with Crippen LogP contribution < -0.4 is 5.32 Å². The number of rotatable bonds is 2. The molecule has 1 aliphatic rings. The van der Waals surface area contributed by atoms with Gasteiger partial charge in [0.05, 0.1) is 5.60 Å². The van der Waals surface area contributed by atoms with E-state index in [1.807, 2.05) is 0 Å². The van der Waals surface area contributed by atoms with E-state index in [0.717, 1.165) is 18.7 Å². The van der Waals surface area contributed by atoms with Gasteiger partial charge in [-0.1, -0.05) is 0 Å². The molecule has 5 nitrogen and oxygen atoms in total. The molecule has 5 heteroatoms. The average Bonchev–Trinajstić information content (AvgIpc) is 2.59. The van der Waals surface area contributed by atoms with E-state index in [-0.39, 0.29) is 29.2 Å². The smallest absolute Gasteiger partial charge is 0.126 e. The molecule has 1 aliphatic heterocycles. The van der Waals surface area contributed by atoms with Crippen LogP contribution in [-0.2, 0) is 6.42 Å². The molecule has 1 unspecified atom stereocenters. The topological polar surface area (TPSA) is 93.0 Å². The Balaban J connectivity index is 2.27. The Hall–Kier alpha value is -1.46. The molecule has 1 aromatic carbocycles. The summed E-state index contributed by atoms with van der Waals surface area (Å²) >= 11 is 0. The zero-order valence-electron chi connectivity index (χ0n) is 8.77. The first-order valence-corrected chi connectivity index (χ1v) is 5.17. The monoisotopic (exact) mass is 225 g/mol. The Morgan fingerprint density at radius 2 is 1.81 bits per heavy atom. The van der Waals surface area contributed by atoms with Crippen LogP contribution in [0.4, 0.5) is 0 Å². The van der Waals surface area contributed by atoms with Gasteiger partial charge in [-0.3, -0.25) is 0 Å². The molecule has 0 spiro atoms. The highest BCUT2D eigenvalue weighted by molar-refractivity contribution is 5.49. The zero-order valence-corrected chi connectivity index (χ0v) is 8.77. The first-order valence-electron chi connectivity index (χ1n) is 5.17. The third-order valence-corrected chi connectivity index (χ3v) is 2.91. The van der Waals surface area contributed by atoms with Crippen LogP contribution in [0.5, 0.6) is 17.2 Å². The van der Waals surface area contributed by atoms with Crippen LogP contribution in [0.1, 0.15) is 12.0 Å². The van der Waals surface area contributed by atoms with Crippen molar-refractivity contribution in [3.05, 3.63) is 17.7 Å². The number of aromatic hydroxyl groups is 3. The molecule has 5 N–H and O–H groups in total. The van der Waals surface area contributed by atoms with Gasteiger partial charge in [0.2, 0.25) is 0 Å². The molecule has 0 radical (unpaired) electrons. The lowest BCUT2D eigenvalue weighted by Gasteiger charge is -2.22. The van der Waals surface area contributed by atoms with Gasteiger partial charge >= 0.3 is 0 Å². The lowest BCUT2D eigenvalue weighted by atomic mass is 9.92. The maximum absolute atomic E-state index is 10.1. The van der Waals surface area contributed by atoms with Crippen molar-refractivity contribution < 1.29 is 20.4 Å². The van der Waals surface area contributed by atoms with Gasteiger partial charge in [-0.05, 0) is 13.0 Å². The minimum absolute atomic E-state index is 0.165. The third-order valence-electron chi connectivity index (χ3n) is 2.91. The highest BCUT2D eigenvalue weighted by atomic mass is 16.3. The van der Waals surface area contributed by atoms with E-state index in [4.69, 9.17) is 5.11 Å². The van der Waals surface area contributed by atoms with Gasteiger partial charge in [-0.25, -0.2) is 0 Å². The molecular formula is C11H15NO4. The molecule has 16 heavy (non-hydrogen) atoms. The minimum atomic E-state index is -0.939. The highest BCUT2D eigenvalue weighted by Crippen LogP contribution is 2.35. The summed E-state index contributed by atoms with van der Waals surface area (Å²) in [5.74, 6) is -0.592. The number of hydrogen-bond acceptors (Lipinski definition) is 5. The van der Waals surface area contributed by atoms with Crippen LogP contribution in [0.2, 0.25) is 0 Å². The van der Waals surface area contributed by atoms with Gasteiger partial charge < -0.3 is 25.7 Å². The van der Waals surface area contributed by atoms with Gasteiger partial charge in [-0.15, -0.1) is 0 Å². The van der Waals surface area contributed by atoms with Gasteiger partial charge in [0.15, 0.2) is 0 Å². The van der Waals surface area contributed by atoms with E-state index in [1.54, 1.807) is 0 Å². The first kappa shape index (κ1) is 11.0. The molecule has 1 fully saturated rings. The van der Waals surface area contributed by atoms with Crippen molar-refractivity contribution in [2.75, 3.05) is 13.1 Å². The van der Waals surface area contributed by atoms with Crippen molar-refractivity contribution in [3.8, 4) is 17.2 Å². The summed E-state index contributed by atoms with van der Waals surface area (Å²) in [5.41, 5.74) is -0.671. The fourth-order valence-corrected chi connectivity index (χ4v) is 2.02. The molecule has 1 aromatic rings. The highest BCUT2D eigenvalue weighted by Gasteiger charge is 2.33. The van der Waals surface area contributed by atoms with Crippen molar-refractivity contribution in [1.29, 1.82) is 0 Å². The number of aliphatic hydroxyl groups is 1. The summed E-state index contributed by atoms with van der Waals surface area (Å²) in [7, 11) is 0. The molecule has 0 aliphatic carbocycles. The summed E-state index contributed by atoms with van der Waals surface area (Å²) in [6, 6.07) is 2.31. The van der Waals surface area contributed by atoms with Gasteiger partial charge in [0, 0.05) is 30.7 Å². The van der Waals surface area contributed by atoms with Crippen molar-refractivity contribution >= 4 is 0 Å². The molecule has 1 heterocycles. The summed E-state index contributed by atoms with van der Waals surface area (Å²) in [6.07, 6.45) is 0.741. The fourth-order valence-electron chi connectivity index (χ4n) is 2.02. The number of nitrogens with one attached hydrogen (secondary N) is 1. The number of β-amino-alcohol motifs (C(OH)–C–C–N with tert-alkyl or cyclic N) is 1. The lowest BCUT2D eigenvalue weighted by molar-refractivity contribution is 0.0605. The molecular weight excluding hydrogens is 210 g/mol. The quantitative estimate of drug-likeness (QED) is 0.491. The molecule has 0 amide bonds. The van der Waals surface area contributed by atoms with Crippen LogP contribution >= 0.6 is 0 Å². The van der Waals surface area contributed by atoms with E-state index in [1.165, 1.54) is 0 Å². The molecule has 0 saturated carbocycles. The lowest BCUT2D eigenvalue weighted by Crippen LogP contribution is -2.33. The zero-order chi connectivity index (χ0) is 11.8. The van der Waals surface area contributed by atoms with Crippen molar-refractivity contribution in [2.45, 2.75) is 18.4 Å². The van der Waals surface area contributed by atoms with Crippen molar-refractivity contribution in [2.24, 2.45) is 0 Å². The predicted octanol–water partition coefficient (Wildman–Crippen LogP) is 0.0703. The Bertz CT molecular complexity index is 376. The number of phenolic OH excluding ortho intramolecular Hbond substituents is 3. The predicted molar refractivity (Wildman–Crippen MR) is 57.6 cm³/mol. The second-order valence-corrected chi connectivity index (χ2v) is 4.29. The Kier molecular flexibility index (Phi) is 2.65. The Morgan fingerprint density at radius 1 is 1.19 bits per heavy atom. The second-order valence-electron chi connectivity index (χ2n) is 4.29. The van der Waals surface area contributed by atoms with Crippen molar-refractivity contribution in [3.63, 3.8) is 0 Å². The van der Waals surface area contributed by atoms with E-state index in [9.17, 15) is 15.3 Å². The summed E-state index contributed by atoms with van der Waals surface area (Å²) in [4.78, 5) is 0. The van der Waals surface area contributed by atoms with E-state index in [0.29, 0.717) is 13.0 Å². The van der Waals surface area contributed by atoms with Crippen LogP contribution in [0, 0.1) is 0 Å². The van der Waals surface area contributed by atoms with Gasteiger partial charge in [0.25, 0.3) is 0 Å². The molecule has 1 atom stereocenters. The molecule has 2 rings (SSSR count). The van der Waals surface area contributed by atoms with E-state index in [2.05, 4.69) is 5.32 Å². The SMILES string of the molecule is Oc1cc(O)c(CC2(O)CCNC2)c(O)c1. The molecule has 0 aromatic heterocycles. The number of hydrogen-bond donors (Lipinski definition) is 5. The third kappa shape index (κ3) is 2.05. The summed E-state index contributed by atoms with van der Waals surface area (Å²) < 4.78 is 0. The maximum Gasteiger partial charge on any atom is 0.126 e. The largest absolute Gasteiger partial charge is 0.508 e. The summed E-state index contributed by atoms with van der Waals surface area (Å²) in [6.45, 7) is 1.16. The number of phenols is 3. The molecule has 0 bridgehead atoms. The van der Waals surface area contributed by atoms with Crippen LogP contribution in [-0.4, -0.2) is 39.1 Å². The fraction of sp³-hybridized carbons (Fsp3) is 0.455. The van der Waals surface area contributed by atoms with E-state index < -0.39 is 5.60 Å². The van der Waals surface area contributed by atoms with Crippen LogP contribution in [0.25, 0.3) is 0 Å².